The molecule has 1 unspecified atom stereocenters. The van der Waals surface area contributed by atoms with Crippen molar-refractivity contribution in [3.8, 4) is 5.75 Å². The molecule has 7 heteroatoms. The summed E-state index contributed by atoms with van der Waals surface area (Å²) < 4.78 is 5.41. The molecule has 1 atom stereocenters. The number of benzene rings is 2. The summed E-state index contributed by atoms with van der Waals surface area (Å²) in [6.45, 7) is 6.49. The smallest absolute Gasteiger partial charge is 0.240 e. The largest absolute Gasteiger partial charge is 0.494 e. The van der Waals surface area contributed by atoms with E-state index >= 15 is 0 Å². The van der Waals surface area contributed by atoms with Crippen LogP contribution in [-0.2, 0) is 9.59 Å². The van der Waals surface area contributed by atoms with E-state index in [0.29, 0.717) is 17.5 Å². The monoisotopic (exact) mass is 397 g/mol. The molecule has 6 nitrogen and oxygen atoms in total. The van der Waals surface area contributed by atoms with Crippen molar-refractivity contribution in [2.24, 2.45) is 4.99 Å². The quantitative estimate of drug-likeness (QED) is 0.773. The van der Waals surface area contributed by atoms with E-state index < -0.39 is 5.25 Å². The number of carbonyl (C=O) groups is 2. The molecule has 1 saturated heterocycles. The van der Waals surface area contributed by atoms with E-state index in [2.05, 4.69) is 15.6 Å². The molecule has 2 amide bonds. The van der Waals surface area contributed by atoms with Crippen molar-refractivity contribution < 1.29 is 14.3 Å². The van der Waals surface area contributed by atoms with Crippen LogP contribution in [0.1, 0.15) is 24.5 Å². The summed E-state index contributed by atoms with van der Waals surface area (Å²) in [5.74, 6) is 0.380. The van der Waals surface area contributed by atoms with Gasteiger partial charge < -0.3 is 15.4 Å². The van der Waals surface area contributed by atoms with Gasteiger partial charge in [0.15, 0.2) is 5.17 Å². The maximum Gasteiger partial charge on any atom is 0.240 e. The van der Waals surface area contributed by atoms with E-state index in [4.69, 9.17) is 4.74 Å². The van der Waals surface area contributed by atoms with Crippen LogP contribution in [0.4, 0.5) is 11.4 Å². The SMILES string of the molecule is CCOc1ccc(N=C2NC(=O)C(CC(=O)Nc3cccc(C)c3C)S2)cc1. The molecule has 2 N–H and O–H groups in total. The van der Waals surface area contributed by atoms with Crippen molar-refractivity contribution in [3.63, 3.8) is 0 Å². The Morgan fingerprint density at radius 1 is 1.21 bits per heavy atom. The fraction of sp³-hybridized carbons (Fsp3) is 0.286. The molecule has 0 radical (unpaired) electrons. The molecular formula is C21H23N3O3S. The number of ether oxygens (including phenoxy) is 1. The minimum Gasteiger partial charge on any atom is -0.494 e. The van der Waals surface area contributed by atoms with Crippen LogP contribution in [0.15, 0.2) is 47.5 Å². The molecule has 1 heterocycles. The van der Waals surface area contributed by atoms with Crippen LogP contribution in [0.2, 0.25) is 0 Å². The van der Waals surface area contributed by atoms with Crippen LogP contribution in [0.3, 0.4) is 0 Å². The van der Waals surface area contributed by atoms with Gasteiger partial charge in [0, 0.05) is 12.1 Å². The Morgan fingerprint density at radius 2 is 1.96 bits per heavy atom. The molecule has 28 heavy (non-hydrogen) atoms. The second-order valence-corrected chi connectivity index (χ2v) is 7.63. The summed E-state index contributed by atoms with van der Waals surface area (Å²) in [4.78, 5) is 29.0. The van der Waals surface area contributed by atoms with E-state index in [1.54, 1.807) is 0 Å². The summed E-state index contributed by atoms with van der Waals surface area (Å²) in [7, 11) is 0. The van der Waals surface area contributed by atoms with Crippen LogP contribution >= 0.6 is 11.8 Å². The van der Waals surface area contributed by atoms with Gasteiger partial charge in [-0.15, -0.1) is 0 Å². The van der Waals surface area contributed by atoms with Gasteiger partial charge in [0.1, 0.15) is 11.0 Å². The Hall–Kier alpha value is -2.80. The number of aliphatic imine (C=N–C) groups is 1. The fourth-order valence-corrected chi connectivity index (χ4v) is 3.74. The van der Waals surface area contributed by atoms with Gasteiger partial charge in [-0.25, -0.2) is 4.99 Å². The third-order valence-electron chi connectivity index (χ3n) is 4.40. The highest BCUT2D eigenvalue weighted by Gasteiger charge is 2.32. The molecule has 3 rings (SSSR count). The minimum atomic E-state index is -0.494. The molecule has 2 aromatic rings. The summed E-state index contributed by atoms with van der Waals surface area (Å²) in [5.41, 5.74) is 3.62. The van der Waals surface area contributed by atoms with E-state index in [1.165, 1.54) is 11.8 Å². The van der Waals surface area contributed by atoms with E-state index in [-0.39, 0.29) is 18.2 Å². The van der Waals surface area contributed by atoms with Gasteiger partial charge in [0.05, 0.1) is 12.3 Å². The van der Waals surface area contributed by atoms with Crippen molar-refractivity contribution >= 4 is 40.1 Å². The number of rotatable bonds is 6. The topological polar surface area (TPSA) is 79.8 Å². The van der Waals surface area contributed by atoms with Crippen molar-refractivity contribution in [3.05, 3.63) is 53.6 Å². The molecule has 1 fully saturated rings. The normalized spacial score (nSPS) is 17.5. The van der Waals surface area contributed by atoms with Gasteiger partial charge in [-0.3, -0.25) is 9.59 Å². The van der Waals surface area contributed by atoms with Gasteiger partial charge >= 0.3 is 0 Å². The maximum atomic E-state index is 12.4. The van der Waals surface area contributed by atoms with Gasteiger partial charge in [-0.1, -0.05) is 23.9 Å². The van der Waals surface area contributed by atoms with E-state index in [9.17, 15) is 9.59 Å². The predicted octanol–water partition coefficient (Wildman–Crippen LogP) is 3.95. The number of amidine groups is 1. The Labute approximate surface area is 168 Å². The first kappa shape index (κ1) is 19.9. The third kappa shape index (κ3) is 4.92. The first-order valence-corrected chi connectivity index (χ1v) is 9.99. The van der Waals surface area contributed by atoms with Gasteiger partial charge in [0.25, 0.3) is 0 Å². The van der Waals surface area contributed by atoms with Crippen molar-refractivity contribution in [1.29, 1.82) is 0 Å². The predicted molar refractivity (Wildman–Crippen MR) is 113 cm³/mol. The summed E-state index contributed by atoms with van der Waals surface area (Å²) in [5, 5.41) is 5.64. The van der Waals surface area contributed by atoms with Crippen molar-refractivity contribution in [1.82, 2.24) is 5.32 Å². The number of aryl methyl sites for hydroxylation is 1. The molecule has 0 spiro atoms. The van der Waals surface area contributed by atoms with E-state index in [1.807, 2.05) is 63.2 Å². The third-order valence-corrected chi connectivity index (χ3v) is 5.49. The lowest BCUT2D eigenvalue weighted by molar-refractivity contribution is -0.122. The Bertz CT molecular complexity index is 910. The molecule has 1 aliphatic heterocycles. The van der Waals surface area contributed by atoms with Crippen molar-refractivity contribution in [2.45, 2.75) is 32.4 Å². The average molecular weight is 398 g/mol. The molecule has 146 valence electrons. The summed E-state index contributed by atoms with van der Waals surface area (Å²) in [6.07, 6.45) is 0.0895. The molecule has 0 aromatic heterocycles. The molecule has 0 bridgehead atoms. The summed E-state index contributed by atoms with van der Waals surface area (Å²) in [6, 6.07) is 13.1. The highest BCUT2D eigenvalue weighted by atomic mass is 32.2. The Balaban J connectivity index is 1.61. The lowest BCUT2D eigenvalue weighted by Crippen LogP contribution is -2.28. The number of nitrogens with zero attached hydrogens (tertiary/aromatic N) is 1. The number of carbonyl (C=O) groups excluding carboxylic acids is 2. The number of anilines is 1. The number of hydrogen-bond donors (Lipinski definition) is 2. The fourth-order valence-electron chi connectivity index (χ4n) is 2.75. The highest BCUT2D eigenvalue weighted by molar-refractivity contribution is 8.15. The Morgan fingerprint density at radius 3 is 2.68 bits per heavy atom. The second-order valence-electron chi connectivity index (χ2n) is 6.44. The van der Waals surface area contributed by atoms with Gasteiger partial charge in [-0.05, 0) is 62.2 Å². The zero-order valence-electron chi connectivity index (χ0n) is 16.1. The highest BCUT2D eigenvalue weighted by Crippen LogP contribution is 2.27. The zero-order chi connectivity index (χ0) is 20.1. The standard InChI is InChI=1S/C21H23N3O3S/c1-4-27-16-10-8-15(9-11-16)22-21-24-20(26)18(28-21)12-19(25)23-17-7-5-6-13(2)14(17)3/h5-11,18H,4,12H2,1-3H3,(H,23,25)(H,22,24,26). The number of thioether (sulfide) groups is 1. The molecular weight excluding hydrogens is 374 g/mol. The minimum absolute atomic E-state index is 0.0895. The van der Waals surface area contributed by atoms with Crippen molar-refractivity contribution in [2.75, 3.05) is 11.9 Å². The number of amides is 2. The molecule has 0 aliphatic carbocycles. The Kier molecular flexibility index (Phi) is 6.36. The van der Waals surface area contributed by atoms with Gasteiger partial charge in [-0.2, -0.15) is 0 Å². The molecule has 1 aliphatic rings. The lowest BCUT2D eigenvalue weighted by Gasteiger charge is -2.11. The van der Waals surface area contributed by atoms with Crippen LogP contribution in [0.5, 0.6) is 5.75 Å². The molecule has 2 aromatic carbocycles. The van der Waals surface area contributed by atoms with Crippen LogP contribution < -0.4 is 15.4 Å². The van der Waals surface area contributed by atoms with Crippen LogP contribution in [0, 0.1) is 13.8 Å². The lowest BCUT2D eigenvalue weighted by atomic mass is 10.1. The van der Waals surface area contributed by atoms with Gasteiger partial charge in [0.2, 0.25) is 11.8 Å². The number of hydrogen-bond acceptors (Lipinski definition) is 5. The first-order chi connectivity index (χ1) is 13.5. The van der Waals surface area contributed by atoms with Crippen LogP contribution in [-0.4, -0.2) is 28.8 Å². The summed E-state index contributed by atoms with van der Waals surface area (Å²) >= 11 is 1.27. The second kappa shape index (κ2) is 8.93. The zero-order valence-corrected chi connectivity index (χ0v) is 16.9. The van der Waals surface area contributed by atoms with Crippen LogP contribution in [0.25, 0.3) is 0 Å². The first-order valence-electron chi connectivity index (χ1n) is 9.11. The average Bonchev–Trinajstić information content (AvgIpc) is 3.00. The van der Waals surface area contributed by atoms with E-state index in [0.717, 1.165) is 22.6 Å². The maximum absolute atomic E-state index is 12.4. The molecule has 0 saturated carbocycles. The number of nitrogens with one attached hydrogen (secondary N) is 2.